The Bertz CT molecular complexity index is 381. The van der Waals surface area contributed by atoms with Crippen molar-refractivity contribution in [1.82, 2.24) is 0 Å². The van der Waals surface area contributed by atoms with Gasteiger partial charge in [-0.2, -0.15) is 0 Å². The van der Waals surface area contributed by atoms with Crippen molar-refractivity contribution in [3.05, 3.63) is 29.3 Å². The second kappa shape index (κ2) is 5.09. The summed E-state index contributed by atoms with van der Waals surface area (Å²) in [5.74, 6) is 0.906. The fourth-order valence-electron chi connectivity index (χ4n) is 2.28. The molecule has 0 heterocycles. The Morgan fingerprint density at radius 2 is 2.06 bits per heavy atom. The molecule has 1 saturated carbocycles. The molecule has 1 aromatic carbocycles. The third-order valence-electron chi connectivity index (χ3n) is 3.55. The lowest BCUT2D eigenvalue weighted by molar-refractivity contribution is 0.641. The molecule has 1 aromatic rings. The Labute approximate surface area is 105 Å². The zero-order chi connectivity index (χ0) is 12.4. The molecule has 0 amide bonds. The van der Waals surface area contributed by atoms with Crippen molar-refractivity contribution >= 4 is 5.69 Å². The first-order chi connectivity index (χ1) is 8.11. The fourth-order valence-corrected chi connectivity index (χ4v) is 2.28. The molecular weight excluding hydrogens is 208 g/mol. The summed E-state index contributed by atoms with van der Waals surface area (Å²) in [6.07, 6.45) is 2.79. The second-order valence-corrected chi connectivity index (χ2v) is 5.53. The summed E-state index contributed by atoms with van der Waals surface area (Å²) in [5.41, 5.74) is 9.79. The van der Waals surface area contributed by atoms with E-state index in [4.69, 9.17) is 5.73 Å². The summed E-state index contributed by atoms with van der Waals surface area (Å²) in [7, 11) is 0. The standard InChI is InChI=1S/C15H24N2/c1-11(2)17(10-13-5-6-13)15-8-12(3)4-7-14(15)9-16/h4,7-8,11,13H,5-6,9-10,16H2,1-3H3. The lowest BCUT2D eigenvalue weighted by Gasteiger charge is -2.31. The number of nitrogens with zero attached hydrogens (tertiary/aromatic N) is 1. The van der Waals surface area contributed by atoms with Crippen LogP contribution in [0.25, 0.3) is 0 Å². The summed E-state index contributed by atoms with van der Waals surface area (Å²) in [5, 5.41) is 0. The molecule has 94 valence electrons. The number of aryl methyl sites for hydroxylation is 1. The number of hydrogen-bond acceptors (Lipinski definition) is 2. The van der Waals surface area contributed by atoms with E-state index in [1.165, 1.54) is 36.2 Å². The van der Waals surface area contributed by atoms with E-state index in [0.717, 1.165) is 5.92 Å². The molecule has 0 unspecified atom stereocenters. The van der Waals surface area contributed by atoms with Crippen LogP contribution in [0.2, 0.25) is 0 Å². The minimum absolute atomic E-state index is 0.544. The van der Waals surface area contributed by atoms with E-state index in [1.54, 1.807) is 0 Å². The SMILES string of the molecule is Cc1ccc(CN)c(N(CC2CC2)C(C)C)c1. The minimum atomic E-state index is 0.544. The van der Waals surface area contributed by atoms with Crippen molar-refractivity contribution in [2.45, 2.75) is 46.2 Å². The van der Waals surface area contributed by atoms with E-state index in [2.05, 4.69) is 43.9 Å². The van der Waals surface area contributed by atoms with E-state index >= 15 is 0 Å². The third kappa shape index (κ3) is 3.01. The molecular formula is C15H24N2. The number of benzene rings is 1. The molecule has 0 aromatic heterocycles. The monoisotopic (exact) mass is 232 g/mol. The van der Waals surface area contributed by atoms with Crippen molar-refractivity contribution in [3.8, 4) is 0 Å². The molecule has 0 spiro atoms. The quantitative estimate of drug-likeness (QED) is 0.845. The van der Waals surface area contributed by atoms with Crippen molar-refractivity contribution in [3.63, 3.8) is 0 Å². The molecule has 1 fully saturated rings. The van der Waals surface area contributed by atoms with Crippen LogP contribution in [0.4, 0.5) is 5.69 Å². The van der Waals surface area contributed by atoms with Gasteiger partial charge in [-0.3, -0.25) is 0 Å². The van der Waals surface area contributed by atoms with Crippen LogP contribution < -0.4 is 10.6 Å². The van der Waals surface area contributed by atoms with Crippen LogP contribution >= 0.6 is 0 Å². The van der Waals surface area contributed by atoms with E-state index in [1.807, 2.05) is 0 Å². The maximum Gasteiger partial charge on any atom is 0.0416 e. The highest BCUT2D eigenvalue weighted by atomic mass is 15.2. The van der Waals surface area contributed by atoms with Crippen molar-refractivity contribution in [2.24, 2.45) is 11.7 Å². The number of rotatable bonds is 5. The zero-order valence-corrected chi connectivity index (χ0v) is 11.2. The van der Waals surface area contributed by atoms with Gasteiger partial charge in [0.15, 0.2) is 0 Å². The summed E-state index contributed by atoms with van der Waals surface area (Å²) in [6.45, 7) is 8.51. The first kappa shape index (κ1) is 12.4. The Kier molecular flexibility index (Phi) is 3.72. The fraction of sp³-hybridized carbons (Fsp3) is 0.600. The van der Waals surface area contributed by atoms with E-state index < -0.39 is 0 Å². The normalized spacial score (nSPS) is 15.4. The van der Waals surface area contributed by atoms with Gasteiger partial charge in [-0.05, 0) is 56.7 Å². The highest BCUT2D eigenvalue weighted by molar-refractivity contribution is 5.56. The van der Waals surface area contributed by atoms with Gasteiger partial charge in [0.1, 0.15) is 0 Å². The Balaban J connectivity index is 2.29. The van der Waals surface area contributed by atoms with Gasteiger partial charge in [0.25, 0.3) is 0 Å². The minimum Gasteiger partial charge on any atom is -0.369 e. The van der Waals surface area contributed by atoms with Gasteiger partial charge in [0, 0.05) is 24.8 Å². The summed E-state index contributed by atoms with van der Waals surface area (Å²) in [6, 6.07) is 7.15. The lowest BCUT2D eigenvalue weighted by Crippen LogP contribution is -2.33. The number of hydrogen-bond donors (Lipinski definition) is 1. The summed E-state index contributed by atoms with van der Waals surface area (Å²) < 4.78 is 0. The first-order valence-corrected chi connectivity index (χ1v) is 6.68. The molecule has 17 heavy (non-hydrogen) atoms. The van der Waals surface area contributed by atoms with Crippen LogP contribution in [-0.2, 0) is 6.54 Å². The molecule has 2 rings (SSSR count). The molecule has 2 heteroatoms. The third-order valence-corrected chi connectivity index (χ3v) is 3.55. The van der Waals surface area contributed by atoms with Crippen LogP contribution in [0.5, 0.6) is 0 Å². The Morgan fingerprint density at radius 3 is 2.59 bits per heavy atom. The zero-order valence-electron chi connectivity index (χ0n) is 11.2. The number of nitrogens with two attached hydrogens (primary N) is 1. The molecule has 1 aliphatic rings. The maximum atomic E-state index is 5.86. The van der Waals surface area contributed by atoms with Crippen molar-refractivity contribution in [2.75, 3.05) is 11.4 Å². The summed E-state index contributed by atoms with van der Waals surface area (Å²) >= 11 is 0. The molecule has 2 nitrogen and oxygen atoms in total. The van der Waals surface area contributed by atoms with Gasteiger partial charge < -0.3 is 10.6 Å². The molecule has 1 aliphatic carbocycles. The molecule has 0 aliphatic heterocycles. The van der Waals surface area contributed by atoms with Gasteiger partial charge in [0.05, 0.1) is 0 Å². The van der Waals surface area contributed by atoms with Crippen LogP contribution in [0.1, 0.15) is 37.8 Å². The van der Waals surface area contributed by atoms with Gasteiger partial charge in [0.2, 0.25) is 0 Å². The first-order valence-electron chi connectivity index (χ1n) is 6.68. The van der Waals surface area contributed by atoms with Crippen molar-refractivity contribution in [1.29, 1.82) is 0 Å². The predicted molar refractivity (Wildman–Crippen MR) is 74.3 cm³/mol. The predicted octanol–water partition coefficient (Wildman–Crippen LogP) is 3.08. The topological polar surface area (TPSA) is 29.3 Å². The van der Waals surface area contributed by atoms with E-state index in [9.17, 15) is 0 Å². The second-order valence-electron chi connectivity index (χ2n) is 5.53. The highest BCUT2D eigenvalue weighted by Gasteiger charge is 2.26. The summed E-state index contributed by atoms with van der Waals surface area (Å²) in [4.78, 5) is 2.52. The van der Waals surface area contributed by atoms with Gasteiger partial charge in [-0.25, -0.2) is 0 Å². The van der Waals surface area contributed by atoms with E-state index in [-0.39, 0.29) is 0 Å². The molecule has 0 saturated heterocycles. The largest absolute Gasteiger partial charge is 0.369 e. The highest BCUT2D eigenvalue weighted by Crippen LogP contribution is 2.33. The Morgan fingerprint density at radius 1 is 1.35 bits per heavy atom. The molecule has 0 atom stereocenters. The lowest BCUT2D eigenvalue weighted by atomic mass is 10.1. The number of anilines is 1. The Hall–Kier alpha value is -1.02. The maximum absolute atomic E-state index is 5.86. The molecule has 0 radical (unpaired) electrons. The van der Waals surface area contributed by atoms with Crippen LogP contribution in [0.3, 0.4) is 0 Å². The van der Waals surface area contributed by atoms with Crippen LogP contribution in [0, 0.1) is 12.8 Å². The van der Waals surface area contributed by atoms with Gasteiger partial charge >= 0.3 is 0 Å². The average molecular weight is 232 g/mol. The molecule has 0 bridgehead atoms. The van der Waals surface area contributed by atoms with Gasteiger partial charge in [-0.1, -0.05) is 12.1 Å². The van der Waals surface area contributed by atoms with Gasteiger partial charge in [-0.15, -0.1) is 0 Å². The van der Waals surface area contributed by atoms with E-state index in [0.29, 0.717) is 12.6 Å². The smallest absolute Gasteiger partial charge is 0.0416 e. The van der Waals surface area contributed by atoms with Crippen LogP contribution in [-0.4, -0.2) is 12.6 Å². The molecule has 2 N–H and O–H groups in total. The van der Waals surface area contributed by atoms with Crippen LogP contribution in [0.15, 0.2) is 18.2 Å². The average Bonchev–Trinajstić information content (AvgIpc) is 3.09. The van der Waals surface area contributed by atoms with Crippen molar-refractivity contribution < 1.29 is 0 Å².